The molecule has 1 N–H and O–H groups in total. The molecule has 0 aliphatic carbocycles. The first-order valence-electron chi connectivity index (χ1n) is 12.2. The van der Waals surface area contributed by atoms with Gasteiger partial charge in [0.15, 0.2) is 0 Å². The number of amides is 1. The zero-order valence-electron chi connectivity index (χ0n) is 21.6. The third-order valence-electron chi connectivity index (χ3n) is 5.80. The van der Waals surface area contributed by atoms with Gasteiger partial charge in [-0.05, 0) is 69.9 Å². The Morgan fingerprint density at radius 1 is 1.06 bits per heavy atom. The SMILES string of the molecule is CCOC(=O)c1c(-c2ccc(CC)cc2)csc1NC(=O)CCCOc1ccc(C(C)(C)C)cc1Br. The Morgan fingerprint density at radius 2 is 1.78 bits per heavy atom. The van der Waals surface area contributed by atoms with Crippen molar-refractivity contribution in [1.29, 1.82) is 0 Å². The summed E-state index contributed by atoms with van der Waals surface area (Å²) in [5, 5.41) is 5.31. The Hall–Kier alpha value is -2.64. The molecular weight excluding hydrogens is 538 g/mol. The third kappa shape index (κ3) is 7.20. The molecule has 0 saturated heterocycles. The van der Waals surface area contributed by atoms with Crippen molar-refractivity contribution in [1.82, 2.24) is 0 Å². The molecule has 1 amide bonds. The summed E-state index contributed by atoms with van der Waals surface area (Å²) in [6.45, 7) is 11.0. The second-order valence-corrected chi connectivity index (χ2v) is 11.3. The Balaban J connectivity index is 1.63. The molecule has 0 bridgehead atoms. The van der Waals surface area contributed by atoms with E-state index in [2.05, 4.69) is 73.2 Å². The molecular formula is C29H34BrNO4S. The van der Waals surface area contributed by atoms with E-state index in [-0.39, 0.29) is 24.3 Å². The molecule has 0 aliphatic heterocycles. The highest BCUT2D eigenvalue weighted by molar-refractivity contribution is 9.10. The second kappa shape index (κ2) is 12.5. The van der Waals surface area contributed by atoms with Crippen LogP contribution in [0.3, 0.4) is 0 Å². The first-order valence-corrected chi connectivity index (χ1v) is 13.9. The summed E-state index contributed by atoms with van der Waals surface area (Å²) in [6, 6.07) is 14.2. The molecule has 3 aromatic rings. The second-order valence-electron chi connectivity index (χ2n) is 9.52. The molecule has 36 heavy (non-hydrogen) atoms. The molecule has 0 radical (unpaired) electrons. The number of nitrogens with one attached hydrogen (secondary N) is 1. The Kier molecular flexibility index (Phi) is 9.74. The number of halogens is 1. The first kappa shape index (κ1) is 27.9. The molecule has 1 aromatic heterocycles. The molecule has 0 aliphatic rings. The maximum Gasteiger partial charge on any atom is 0.341 e. The van der Waals surface area contributed by atoms with E-state index in [4.69, 9.17) is 9.47 Å². The van der Waals surface area contributed by atoms with E-state index in [0.29, 0.717) is 23.6 Å². The summed E-state index contributed by atoms with van der Waals surface area (Å²) in [6.07, 6.45) is 1.77. The molecule has 0 atom stereocenters. The number of benzene rings is 2. The standard InChI is InChI=1S/C29H34BrNO4S/c1-6-19-10-12-20(13-11-19)22-18-36-27(26(22)28(33)34-7-2)31-25(32)9-8-16-35-24-15-14-21(17-23(24)30)29(3,4)5/h10-15,17-18H,6-9,16H2,1-5H3,(H,31,32). The van der Waals surface area contributed by atoms with Gasteiger partial charge in [-0.25, -0.2) is 4.79 Å². The summed E-state index contributed by atoms with van der Waals surface area (Å²) in [4.78, 5) is 25.5. The number of thiophene rings is 1. The number of esters is 1. The first-order chi connectivity index (χ1) is 17.1. The maximum atomic E-state index is 12.8. The molecule has 0 fully saturated rings. The van der Waals surface area contributed by atoms with Gasteiger partial charge in [-0.15, -0.1) is 11.3 Å². The van der Waals surface area contributed by atoms with Crippen molar-refractivity contribution in [3.05, 3.63) is 69.0 Å². The fourth-order valence-electron chi connectivity index (χ4n) is 3.68. The van der Waals surface area contributed by atoms with Crippen LogP contribution in [0.15, 0.2) is 52.3 Å². The van der Waals surface area contributed by atoms with Gasteiger partial charge < -0.3 is 14.8 Å². The van der Waals surface area contributed by atoms with Crippen LogP contribution in [-0.2, 0) is 21.4 Å². The van der Waals surface area contributed by atoms with Crippen LogP contribution in [0.4, 0.5) is 5.00 Å². The lowest BCUT2D eigenvalue weighted by Crippen LogP contribution is -2.15. The number of hydrogen-bond donors (Lipinski definition) is 1. The molecule has 0 saturated carbocycles. The van der Waals surface area contributed by atoms with Crippen molar-refractivity contribution in [2.24, 2.45) is 0 Å². The van der Waals surface area contributed by atoms with Crippen molar-refractivity contribution in [2.75, 3.05) is 18.5 Å². The summed E-state index contributed by atoms with van der Waals surface area (Å²) in [5.41, 5.74) is 4.59. The lowest BCUT2D eigenvalue weighted by Gasteiger charge is -2.20. The Morgan fingerprint density at radius 3 is 2.39 bits per heavy atom. The van der Waals surface area contributed by atoms with Crippen LogP contribution in [0.5, 0.6) is 5.75 Å². The quantitative estimate of drug-likeness (QED) is 0.197. The van der Waals surface area contributed by atoms with E-state index in [1.54, 1.807) is 6.92 Å². The van der Waals surface area contributed by atoms with E-state index in [1.165, 1.54) is 22.5 Å². The summed E-state index contributed by atoms with van der Waals surface area (Å²) >= 11 is 4.92. The van der Waals surface area contributed by atoms with Gasteiger partial charge in [0.25, 0.3) is 0 Å². The van der Waals surface area contributed by atoms with Crippen LogP contribution in [0, 0.1) is 0 Å². The third-order valence-corrected chi connectivity index (χ3v) is 7.32. The van der Waals surface area contributed by atoms with Crippen LogP contribution < -0.4 is 10.1 Å². The van der Waals surface area contributed by atoms with Gasteiger partial charge in [-0.2, -0.15) is 0 Å². The number of carbonyl (C=O) groups excluding carboxylic acids is 2. The number of anilines is 1. The zero-order valence-corrected chi connectivity index (χ0v) is 24.0. The molecule has 3 rings (SSSR count). The number of carbonyl (C=O) groups is 2. The lowest BCUT2D eigenvalue weighted by atomic mass is 9.87. The van der Waals surface area contributed by atoms with Gasteiger partial charge >= 0.3 is 5.97 Å². The molecule has 0 spiro atoms. The normalized spacial score (nSPS) is 11.3. The molecule has 192 valence electrons. The van der Waals surface area contributed by atoms with Gasteiger partial charge in [0.05, 0.1) is 17.7 Å². The van der Waals surface area contributed by atoms with Gasteiger partial charge in [0.2, 0.25) is 5.91 Å². The van der Waals surface area contributed by atoms with Crippen LogP contribution in [0.1, 0.15) is 68.9 Å². The fourth-order valence-corrected chi connectivity index (χ4v) is 5.14. The topological polar surface area (TPSA) is 64.6 Å². The summed E-state index contributed by atoms with van der Waals surface area (Å²) < 4.78 is 12.1. The minimum Gasteiger partial charge on any atom is -0.492 e. The minimum absolute atomic E-state index is 0.0577. The molecule has 0 unspecified atom stereocenters. The minimum atomic E-state index is -0.435. The Labute approximate surface area is 226 Å². The average Bonchev–Trinajstić information content (AvgIpc) is 3.25. The van der Waals surface area contributed by atoms with Crippen molar-refractivity contribution >= 4 is 44.1 Å². The Bertz CT molecular complexity index is 1190. The molecule has 2 aromatic carbocycles. The highest BCUT2D eigenvalue weighted by atomic mass is 79.9. The summed E-state index contributed by atoms with van der Waals surface area (Å²) in [5.74, 6) is 0.154. The van der Waals surface area contributed by atoms with Crippen molar-refractivity contribution in [2.45, 2.75) is 59.3 Å². The van der Waals surface area contributed by atoms with E-state index in [1.807, 2.05) is 23.6 Å². The number of rotatable bonds is 10. The van der Waals surface area contributed by atoms with Gasteiger partial charge in [0.1, 0.15) is 16.3 Å². The molecule has 1 heterocycles. The fraction of sp³-hybridized carbons (Fsp3) is 0.379. The van der Waals surface area contributed by atoms with Crippen LogP contribution in [-0.4, -0.2) is 25.1 Å². The highest BCUT2D eigenvalue weighted by Crippen LogP contribution is 2.37. The van der Waals surface area contributed by atoms with Crippen molar-refractivity contribution < 1.29 is 19.1 Å². The highest BCUT2D eigenvalue weighted by Gasteiger charge is 2.23. The monoisotopic (exact) mass is 571 g/mol. The van der Waals surface area contributed by atoms with Gasteiger partial charge in [0, 0.05) is 17.4 Å². The predicted octanol–water partition coefficient (Wildman–Crippen LogP) is 8.01. The van der Waals surface area contributed by atoms with E-state index < -0.39 is 5.97 Å². The average molecular weight is 573 g/mol. The molecule has 5 nitrogen and oxygen atoms in total. The summed E-state index contributed by atoms with van der Waals surface area (Å²) in [7, 11) is 0. The van der Waals surface area contributed by atoms with Gasteiger partial charge in [-0.1, -0.05) is 58.0 Å². The van der Waals surface area contributed by atoms with Crippen LogP contribution in [0.2, 0.25) is 0 Å². The number of aryl methyl sites for hydroxylation is 1. The predicted molar refractivity (Wildman–Crippen MR) is 151 cm³/mol. The van der Waals surface area contributed by atoms with Crippen LogP contribution in [0.25, 0.3) is 11.1 Å². The smallest absolute Gasteiger partial charge is 0.341 e. The largest absolute Gasteiger partial charge is 0.492 e. The van der Waals surface area contributed by atoms with Gasteiger partial charge in [-0.3, -0.25) is 4.79 Å². The molecule has 7 heteroatoms. The zero-order chi connectivity index (χ0) is 26.3. The van der Waals surface area contributed by atoms with E-state index >= 15 is 0 Å². The lowest BCUT2D eigenvalue weighted by molar-refractivity contribution is -0.116. The van der Waals surface area contributed by atoms with E-state index in [0.717, 1.165) is 27.8 Å². The van der Waals surface area contributed by atoms with Crippen LogP contribution >= 0.6 is 27.3 Å². The number of hydrogen-bond acceptors (Lipinski definition) is 5. The van der Waals surface area contributed by atoms with E-state index in [9.17, 15) is 9.59 Å². The van der Waals surface area contributed by atoms with Crippen molar-refractivity contribution in [3.8, 4) is 16.9 Å². The maximum absolute atomic E-state index is 12.8. The number of ether oxygens (including phenoxy) is 2. The van der Waals surface area contributed by atoms with Crippen molar-refractivity contribution in [3.63, 3.8) is 0 Å².